The predicted octanol–water partition coefficient (Wildman–Crippen LogP) is 7.08. The Morgan fingerprint density at radius 3 is 2.18 bits per heavy atom. The summed E-state index contributed by atoms with van der Waals surface area (Å²) in [7, 11) is 1.91. The van der Waals surface area contributed by atoms with Crippen LogP contribution in [0.2, 0.25) is 0 Å². The van der Waals surface area contributed by atoms with Gasteiger partial charge in [0.2, 0.25) is 0 Å². The van der Waals surface area contributed by atoms with Crippen molar-refractivity contribution in [3.8, 4) is 11.5 Å². The first-order valence-corrected chi connectivity index (χ1v) is 15.5. The molecule has 2 heterocycles. The highest BCUT2D eigenvalue weighted by Gasteiger charge is 2.32. The Balaban J connectivity index is 1.08. The lowest BCUT2D eigenvalue weighted by Crippen LogP contribution is -2.31. The zero-order valence-electron chi connectivity index (χ0n) is 24.6. The first kappa shape index (κ1) is 30.4. The second kappa shape index (κ2) is 14.4. The van der Waals surface area contributed by atoms with Gasteiger partial charge in [-0.3, -0.25) is 0 Å². The Kier molecular flexibility index (Phi) is 9.71. The monoisotopic (exact) mass is 623 g/mol. The van der Waals surface area contributed by atoms with Crippen molar-refractivity contribution in [2.24, 2.45) is 7.05 Å². The number of hydrogen-bond donors (Lipinski definition) is 3. The molecule has 3 atom stereocenters. The average molecular weight is 624 g/mol. The number of anilines is 2. The molecule has 5 aromatic rings. The fraction of sp³-hybridized carbons (Fsp3) is 0.206. The maximum atomic E-state index is 12.7. The lowest BCUT2D eigenvalue weighted by atomic mass is 10.0. The minimum absolute atomic E-state index is 0.0110. The normalized spacial score (nSPS) is 17.9. The van der Waals surface area contributed by atoms with Crippen molar-refractivity contribution in [3.63, 3.8) is 0 Å². The van der Waals surface area contributed by atoms with Gasteiger partial charge in [-0.05, 0) is 59.7 Å². The fourth-order valence-electron chi connectivity index (χ4n) is 4.84. The zero-order valence-corrected chi connectivity index (χ0v) is 25.4. The van der Waals surface area contributed by atoms with Crippen molar-refractivity contribution in [2.75, 3.05) is 16.4 Å². The molecule has 11 heteroatoms. The smallest absolute Gasteiger partial charge is 0.323 e. The van der Waals surface area contributed by atoms with E-state index in [1.807, 2.05) is 90.5 Å². The molecule has 1 aromatic heterocycles. The number of urea groups is 1. The average Bonchev–Trinajstić information content (AvgIpc) is 3.49. The Bertz CT molecular complexity index is 1680. The summed E-state index contributed by atoms with van der Waals surface area (Å²) in [5.41, 5.74) is 3.96. The first-order valence-electron chi connectivity index (χ1n) is 14.5. The van der Waals surface area contributed by atoms with Gasteiger partial charge in [-0.15, -0.1) is 10.2 Å². The summed E-state index contributed by atoms with van der Waals surface area (Å²) >= 11 is 1.59. The quantitative estimate of drug-likeness (QED) is 0.141. The third-order valence-corrected chi connectivity index (χ3v) is 8.38. The van der Waals surface area contributed by atoms with Crippen LogP contribution in [0.15, 0.2) is 115 Å². The van der Waals surface area contributed by atoms with Gasteiger partial charge < -0.3 is 34.5 Å². The van der Waals surface area contributed by atoms with Crippen molar-refractivity contribution in [1.82, 2.24) is 14.8 Å². The number of nitrogens with zero attached hydrogens (tertiary/aromatic N) is 3. The molecule has 1 saturated heterocycles. The zero-order chi connectivity index (χ0) is 31.0. The number of carbonyl (C=O) groups excluding carboxylic acids is 1. The molecule has 2 amide bonds. The largest absolute Gasteiger partial charge is 0.457 e. The number of aliphatic hydroxyl groups is 1. The molecule has 45 heavy (non-hydrogen) atoms. The van der Waals surface area contributed by atoms with Gasteiger partial charge >= 0.3 is 6.03 Å². The molecule has 4 aromatic carbocycles. The number of aliphatic hydroxyl groups excluding tert-OH is 1. The highest BCUT2D eigenvalue weighted by Crippen LogP contribution is 2.39. The van der Waals surface area contributed by atoms with Gasteiger partial charge in [0.15, 0.2) is 11.4 Å². The molecule has 3 N–H and O–H groups in total. The molecule has 230 valence electrons. The van der Waals surface area contributed by atoms with Crippen molar-refractivity contribution >= 4 is 29.2 Å². The Labute approximate surface area is 265 Å². The fourth-order valence-corrected chi connectivity index (χ4v) is 5.75. The van der Waals surface area contributed by atoms with Crippen molar-refractivity contribution in [1.29, 1.82) is 0 Å². The Morgan fingerprint density at radius 1 is 0.889 bits per heavy atom. The SMILES string of the molecule is Cn1cnnc1SCC1CC(c2ccc(CO)cc2)OC(c2ccc(NC(=O)Nc3ccc(Oc4ccccc4)cc3)cc2)O1. The van der Waals surface area contributed by atoms with Crippen LogP contribution in [0.4, 0.5) is 16.2 Å². The van der Waals surface area contributed by atoms with Crippen LogP contribution in [0.25, 0.3) is 0 Å². The van der Waals surface area contributed by atoms with E-state index in [4.69, 9.17) is 14.2 Å². The van der Waals surface area contributed by atoms with E-state index in [0.29, 0.717) is 29.3 Å². The maximum Gasteiger partial charge on any atom is 0.323 e. The number of rotatable bonds is 10. The van der Waals surface area contributed by atoms with E-state index in [2.05, 4.69) is 20.8 Å². The van der Waals surface area contributed by atoms with E-state index < -0.39 is 6.29 Å². The van der Waals surface area contributed by atoms with Gasteiger partial charge in [-0.25, -0.2) is 4.79 Å². The van der Waals surface area contributed by atoms with Crippen LogP contribution in [0.3, 0.4) is 0 Å². The second-order valence-electron chi connectivity index (χ2n) is 10.5. The van der Waals surface area contributed by atoms with E-state index in [-0.39, 0.29) is 24.8 Å². The Hall–Kier alpha value is -4.68. The molecule has 0 spiro atoms. The summed E-state index contributed by atoms with van der Waals surface area (Å²) in [5.74, 6) is 2.09. The van der Waals surface area contributed by atoms with Gasteiger partial charge in [0.1, 0.15) is 17.8 Å². The molecular weight excluding hydrogens is 590 g/mol. The number of benzene rings is 4. The summed E-state index contributed by atoms with van der Waals surface area (Å²) in [6, 6.07) is 31.5. The summed E-state index contributed by atoms with van der Waals surface area (Å²) < 4.78 is 20.5. The number of para-hydroxylation sites is 1. The van der Waals surface area contributed by atoms with Crippen LogP contribution >= 0.6 is 11.8 Å². The third-order valence-electron chi connectivity index (χ3n) is 7.21. The molecule has 10 nitrogen and oxygen atoms in total. The van der Waals surface area contributed by atoms with E-state index in [1.54, 1.807) is 42.4 Å². The van der Waals surface area contributed by atoms with Gasteiger partial charge in [0, 0.05) is 36.2 Å². The highest BCUT2D eigenvalue weighted by molar-refractivity contribution is 7.99. The number of aromatic nitrogens is 3. The molecule has 0 bridgehead atoms. The van der Waals surface area contributed by atoms with Crippen LogP contribution < -0.4 is 15.4 Å². The lowest BCUT2D eigenvalue weighted by molar-refractivity contribution is -0.245. The van der Waals surface area contributed by atoms with Gasteiger partial charge in [-0.1, -0.05) is 66.4 Å². The number of hydrogen-bond acceptors (Lipinski definition) is 8. The molecular formula is C34H33N5O5S. The first-order chi connectivity index (χ1) is 22.0. The van der Waals surface area contributed by atoms with E-state index in [0.717, 1.165) is 27.6 Å². The molecule has 6 rings (SSSR count). The van der Waals surface area contributed by atoms with E-state index in [9.17, 15) is 9.90 Å². The molecule has 0 radical (unpaired) electrons. The molecule has 1 aliphatic rings. The second-order valence-corrected chi connectivity index (χ2v) is 11.5. The van der Waals surface area contributed by atoms with Crippen molar-refractivity contribution in [2.45, 2.75) is 36.7 Å². The van der Waals surface area contributed by atoms with Gasteiger partial charge in [-0.2, -0.15) is 0 Å². The van der Waals surface area contributed by atoms with Crippen molar-refractivity contribution < 1.29 is 24.1 Å². The van der Waals surface area contributed by atoms with Crippen LogP contribution in [-0.2, 0) is 23.1 Å². The minimum Gasteiger partial charge on any atom is -0.457 e. The molecule has 0 saturated carbocycles. The summed E-state index contributed by atoms with van der Waals surface area (Å²) in [6.45, 7) is -0.0110. The number of nitrogens with one attached hydrogen (secondary N) is 2. The lowest BCUT2D eigenvalue weighted by Gasteiger charge is -2.36. The summed E-state index contributed by atoms with van der Waals surface area (Å²) in [5, 5.41) is 24.1. The molecule has 1 aliphatic heterocycles. The van der Waals surface area contributed by atoms with Crippen LogP contribution in [0.1, 0.15) is 35.5 Å². The minimum atomic E-state index is -0.606. The van der Waals surface area contributed by atoms with E-state index >= 15 is 0 Å². The Morgan fingerprint density at radius 2 is 1.53 bits per heavy atom. The number of ether oxygens (including phenoxy) is 3. The molecule has 1 fully saturated rings. The topological polar surface area (TPSA) is 120 Å². The molecule has 0 aliphatic carbocycles. The summed E-state index contributed by atoms with van der Waals surface area (Å²) in [4.78, 5) is 12.7. The molecule has 3 unspecified atom stereocenters. The number of aryl methyl sites for hydroxylation is 1. The van der Waals surface area contributed by atoms with Crippen molar-refractivity contribution in [3.05, 3.63) is 126 Å². The van der Waals surface area contributed by atoms with Crippen LogP contribution in [0.5, 0.6) is 11.5 Å². The van der Waals surface area contributed by atoms with Crippen LogP contribution in [-0.4, -0.2) is 37.8 Å². The van der Waals surface area contributed by atoms with Gasteiger partial charge in [0.25, 0.3) is 0 Å². The maximum absolute atomic E-state index is 12.7. The summed E-state index contributed by atoms with van der Waals surface area (Å²) in [6.07, 6.45) is 1.43. The van der Waals surface area contributed by atoms with Crippen LogP contribution in [0, 0.1) is 0 Å². The third kappa shape index (κ3) is 8.08. The predicted molar refractivity (Wildman–Crippen MR) is 172 cm³/mol. The number of carbonyl (C=O) groups is 1. The standard InChI is InChI=1S/C34H33N5O5S/c1-39-22-35-38-34(39)45-21-30-19-31(24-9-7-23(20-40)8-10-24)44-32(43-30)25-11-13-26(14-12-25)36-33(41)37-27-15-17-29(18-16-27)42-28-5-3-2-4-6-28/h2-18,22,30-32,40H,19-21H2,1H3,(H2,36,37,41). The highest BCUT2D eigenvalue weighted by atomic mass is 32.2. The number of thioether (sulfide) groups is 1. The van der Waals surface area contributed by atoms with E-state index in [1.165, 1.54) is 0 Å². The van der Waals surface area contributed by atoms with Gasteiger partial charge in [0.05, 0.1) is 18.8 Å². The number of amides is 2.